The lowest BCUT2D eigenvalue weighted by atomic mass is 10.3. The third-order valence-electron chi connectivity index (χ3n) is 0.966. The Balaban J connectivity index is 2.93. The van der Waals surface area contributed by atoms with Crippen molar-refractivity contribution in [2.75, 3.05) is 0 Å². The molecular weight excluding hydrogens is 154 g/mol. The molecule has 0 aliphatic carbocycles. The Morgan fingerprint density at radius 2 is 2.20 bits per heavy atom. The first-order valence-corrected chi connectivity index (χ1v) is 4.04. The summed E-state index contributed by atoms with van der Waals surface area (Å²) in [4.78, 5) is 10.0. The molecule has 0 aromatic heterocycles. The van der Waals surface area contributed by atoms with Crippen LogP contribution in [0.15, 0.2) is 23.3 Å². The fourth-order valence-corrected chi connectivity index (χ4v) is 1.19. The maximum Gasteiger partial charge on any atom is 0.254 e. The van der Waals surface area contributed by atoms with Gasteiger partial charge in [-0.15, -0.1) is 0 Å². The normalized spacial score (nSPS) is 21.0. The molecule has 0 amide bonds. The number of hydrogen-bond acceptors (Lipinski definition) is 3. The van der Waals surface area contributed by atoms with Gasteiger partial charge >= 0.3 is 0 Å². The van der Waals surface area contributed by atoms with E-state index in [0.717, 1.165) is 11.6 Å². The highest BCUT2D eigenvalue weighted by atomic mass is 32.2. The van der Waals surface area contributed by atoms with Gasteiger partial charge in [0, 0.05) is 11.8 Å². The number of carbonyl (C=O) groups is 1. The highest BCUT2D eigenvalue weighted by Crippen LogP contribution is 2.00. The van der Waals surface area contributed by atoms with E-state index in [1.807, 2.05) is 0 Å². The molecule has 0 fully saturated rings. The number of nitrogens with one attached hydrogen (secondary N) is 1. The van der Waals surface area contributed by atoms with Crippen LogP contribution in [0.3, 0.4) is 0 Å². The monoisotopic (exact) mass is 159 g/mol. The fraction of sp³-hybridized carbons (Fsp3) is 0. The van der Waals surface area contributed by atoms with Crippen LogP contribution in [0.25, 0.3) is 0 Å². The molecule has 1 aliphatic rings. The highest BCUT2D eigenvalue weighted by Gasteiger charge is 2.06. The molecule has 0 bridgehead atoms. The number of carbonyl (C=O) groups excluding carboxylic acids is 1. The van der Waals surface area contributed by atoms with Gasteiger partial charge in [-0.25, -0.2) is 8.42 Å². The molecule has 0 atom stereocenters. The van der Waals surface area contributed by atoms with Crippen LogP contribution in [0, 0.1) is 0 Å². The lowest BCUT2D eigenvalue weighted by molar-refractivity contribution is -0.104. The lowest BCUT2D eigenvalue weighted by Gasteiger charge is -2.02. The summed E-state index contributed by atoms with van der Waals surface area (Å²) >= 11 is 0. The molecule has 1 aliphatic heterocycles. The van der Waals surface area contributed by atoms with Gasteiger partial charge in [-0.2, -0.15) is 0 Å². The summed E-state index contributed by atoms with van der Waals surface area (Å²) in [6.45, 7) is 0. The van der Waals surface area contributed by atoms with E-state index in [1.165, 1.54) is 6.08 Å². The summed E-state index contributed by atoms with van der Waals surface area (Å²) in [5, 5.41) is 0.941. The number of aldehydes is 1. The second-order valence-corrected chi connectivity index (χ2v) is 3.33. The van der Waals surface area contributed by atoms with E-state index < -0.39 is 10.0 Å². The van der Waals surface area contributed by atoms with Crippen LogP contribution in [0.4, 0.5) is 0 Å². The topological polar surface area (TPSA) is 63.2 Å². The van der Waals surface area contributed by atoms with E-state index in [4.69, 9.17) is 0 Å². The van der Waals surface area contributed by atoms with Gasteiger partial charge in [0.25, 0.3) is 10.0 Å². The van der Waals surface area contributed by atoms with Crippen LogP contribution >= 0.6 is 0 Å². The van der Waals surface area contributed by atoms with Crippen molar-refractivity contribution in [1.29, 1.82) is 0 Å². The molecule has 0 unspecified atom stereocenters. The summed E-state index contributed by atoms with van der Waals surface area (Å²) in [5.74, 6) is 0. The van der Waals surface area contributed by atoms with Crippen LogP contribution in [-0.4, -0.2) is 14.7 Å². The van der Waals surface area contributed by atoms with Crippen molar-refractivity contribution in [3.05, 3.63) is 23.3 Å². The number of sulfonamides is 1. The first-order chi connectivity index (χ1) is 4.64. The number of hydrogen-bond donors (Lipinski definition) is 1. The van der Waals surface area contributed by atoms with E-state index >= 15 is 0 Å². The van der Waals surface area contributed by atoms with E-state index in [1.54, 1.807) is 0 Å². The maximum atomic E-state index is 10.6. The molecule has 0 spiro atoms. The summed E-state index contributed by atoms with van der Waals surface area (Å²) in [5.41, 5.74) is 0.315. The van der Waals surface area contributed by atoms with Crippen molar-refractivity contribution >= 4 is 16.3 Å². The lowest BCUT2D eigenvalue weighted by Crippen LogP contribution is -2.18. The highest BCUT2D eigenvalue weighted by molar-refractivity contribution is 7.92. The van der Waals surface area contributed by atoms with Crippen molar-refractivity contribution in [3.8, 4) is 0 Å². The van der Waals surface area contributed by atoms with Gasteiger partial charge in [-0.3, -0.25) is 9.52 Å². The van der Waals surface area contributed by atoms with Crippen molar-refractivity contribution in [2.24, 2.45) is 0 Å². The number of rotatable bonds is 1. The zero-order chi connectivity index (χ0) is 7.61. The summed E-state index contributed by atoms with van der Waals surface area (Å²) < 4.78 is 23.2. The Morgan fingerprint density at radius 1 is 1.50 bits per heavy atom. The molecule has 54 valence electrons. The molecule has 0 radical (unpaired) electrons. The molecule has 10 heavy (non-hydrogen) atoms. The van der Waals surface area contributed by atoms with Gasteiger partial charge in [-0.05, 0) is 6.08 Å². The Labute approximate surface area is 58.3 Å². The van der Waals surface area contributed by atoms with Gasteiger partial charge in [0.15, 0.2) is 6.29 Å². The zero-order valence-electron chi connectivity index (χ0n) is 4.94. The predicted molar refractivity (Wildman–Crippen MR) is 35.3 cm³/mol. The molecule has 0 aromatic carbocycles. The molecule has 0 saturated carbocycles. The molecule has 5 heteroatoms. The maximum absolute atomic E-state index is 10.6. The first-order valence-electron chi connectivity index (χ1n) is 2.50. The minimum Gasteiger partial charge on any atom is -0.298 e. The van der Waals surface area contributed by atoms with E-state index in [2.05, 4.69) is 4.72 Å². The molecule has 0 aromatic rings. The Hall–Kier alpha value is -1.10. The van der Waals surface area contributed by atoms with Gasteiger partial charge < -0.3 is 0 Å². The summed E-state index contributed by atoms with van der Waals surface area (Å²) in [7, 11) is -3.29. The van der Waals surface area contributed by atoms with E-state index in [-0.39, 0.29) is 0 Å². The molecule has 0 saturated heterocycles. The predicted octanol–water partition coefficient (Wildman–Crippen LogP) is -0.484. The average Bonchev–Trinajstić information content (AvgIpc) is 1.88. The smallest absolute Gasteiger partial charge is 0.254 e. The van der Waals surface area contributed by atoms with Crippen molar-refractivity contribution < 1.29 is 13.2 Å². The molecule has 4 nitrogen and oxygen atoms in total. The second-order valence-electron chi connectivity index (χ2n) is 1.73. The second kappa shape index (κ2) is 2.26. The minimum absolute atomic E-state index is 0.315. The molecular formula is C5H5NO3S. The van der Waals surface area contributed by atoms with Crippen molar-refractivity contribution in [3.63, 3.8) is 0 Å². The van der Waals surface area contributed by atoms with Gasteiger partial charge in [-0.1, -0.05) is 0 Å². The van der Waals surface area contributed by atoms with Crippen molar-refractivity contribution in [2.45, 2.75) is 0 Å². The number of allylic oxidation sites excluding steroid dienone is 2. The third kappa shape index (κ3) is 1.44. The van der Waals surface area contributed by atoms with Crippen LogP contribution in [0.2, 0.25) is 0 Å². The van der Waals surface area contributed by atoms with E-state index in [9.17, 15) is 13.2 Å². The molecule has 1 heterocycles. The SMILES string of the molecule is O=CC1=CNS(=O)(=O)C=C1. The van der Waals surface area contributed by atoms with Gasteiger partial charge in [0.2, 0.25) is 0 Å². The Kier molecular flexibility index (Phi) is 1.58. The van der Waals surface area contributed by atoms with Gasteiger partial charge in [0.05, 0.1) is 5.41 Å². The Bertz CT molecular complexity index is 296. The van der Waals surface area contributed by atoms with Crippen LogP contribution in [-0.2, 0) is 14.8 Å². The summed E-state index contributed by atoms with van der Waals surface area (Å²) in [6.07, 6.45) is 2.94. The largest absolute Gasteiger partial charge is 0.298 e. The molecule has 1 rings (SSSR count). The Morgan fingerprint density at radius 3 is 2.60 bits per heavy atom. The van der Waals surface area contributed by atoms with Gasteiger partial charge in [0.1, 0.15) is 0 Å². The summed E-state index contributed by atoms with van der Waals surface area (Å²) in [6, 6.07) is 0. The standard InChI is InChI=1S/C5H5NO3S/c7-4-5-1-2-10(8,9)6-3-5/h1-4,6H. The van der Waals surface area contributed by atoms with Crippen LogP contribution in [0.1, 0.15) is 0 Å². The van der Waals surface area contributed by atoms with Crippen LogP contribution in [0.5, 0.6) is 0 Å². The molecule has 1 N–H and O–H groups in total. The van der Waals surface area contributed by atoms with E-state index in [0.29, 0.717) is 11.9 Å². The third-order valence-corrected chi connectivity index (χ3v) is 1.91. The van der Waals surface area contributed by atoms with Crippen molar-refractivity contribution in [1.82, 2.24) is 4.72 Å². The minimum atomic E-state index is -3.29. The quantitative estimate of drug-likeness (QED) is 0.525. The first kappa shape index (κ1) is 7.01. The van der Waals surface area contributed by atoms with Crippen LogP contribution < -0.4 is 4.72 Å². The fourth-order valence-electron chi connectivity index (χ4n) is 0.479. The average molecular weight is 159 g/mol. The zero-order valence-corrected chi connectivity index (χ0v) is 5.76.